The summed E-state index contributed by atoms with van der Waals surface area (Å²) in [5, 5.41) is 5.69. The van der Waals surface area contributed by atoms with Gasteiger partial charge in [-0.1, -0.05) is 30.7 Å². The summed E-state index contributed by atoms with van der Waals surface area (Å²) in [5.41, 5.74) is 4.43. The summed E-state index contributed by atoms with van der Waals surface area (Å²) in [6.07, 6.45) is 3.00. The summed E-state index contributed by atoms with van der Waals surface area (Å²) < 4.78 is 2.01. The molecular formula is C22H29ClN4O. The van der Waals surface area contributed by atoms with Gasteiger partial charge in [0.2, 0.25) is 5.91 Å². The van der Waals surface area contributed by atoms with Crippen LogP contribution in [0, 0.1) is 5.92 Å². The minimum Gasteiger partial charge on any atom is -0.334 e. The van der Waals surface area contributed by atoms with E-state index >= 15 is 0 Å². The Bertz CT molecular complexity index is 871. The van der Waals surface area contributed by atoms with Crippen molar-refractivity contribution < 1.29 is 4.79 Å². The topological polar surface area (TPSA) is 41.4 Å². The predicted octanol–water partition coefficient (Wildman–Crippen LogP) is 4.05. The third-order valence-electron chi connectivity index (χ3n) is 5.90. The number of hydrogen-bond acceptors (Lipinski definition) is 3. The third-order valence-corrected chi connectivity index (χ3v) is 6.22. The zero-order chi connectivity index (χ0) is 19.8. The largest absolute Gasteiger partial charge is 0.334 e. The smallest absolute Gasteiger partial charge is 0.226 e. The van der Waals surface area contributed by atoms with Crippen LogP contribution in [0.25, 0.3) is 5.69 Å². The number of aromatic nitrogens is 2. The number of halogens is 1. The van der Waals surface area contributed by atoms with Gasteiger partial charge in [0, 0.05) is 37.0 Å². The molecule has 1 aromatic carbocycles. The molecule has 1 fully saturated rings. The van der Waals surface area contributed by atoms with E-state index in [0.29, 0.717) is 11.6 Å². The van der Waals surface area contributed by atoms with Gasteiger partial charge in [0.1, 0.15) is 0 Å². The van der Waals surface area contributed by atoms with Crippen molar-refractivity contribution >= 4 is 17.5 Å². The molecule has 1 saturated carbocycles. The normalized spacial score (nSPS) is 17.0. The highest BCUT2D eigenvalue weighted by Crippen LogP contribution is 2.33. The molecule has 0 unspecified atom stereocenters. The maximum absolute atomic E-state index is 12.8. The van der Waals surface area contributed by atoms with Gasteiger partial charge in [0.25, 0.3) is 0 Å². The summed E-state index contributed by atoms with van der Waals surface area (Å²) >= 11 is 6.49. The Morgan fingerprint density at radius 2 is 2.07 bits per heavy atom. The van der Waals surface area contributed by atoms with Gasteiger partial charge in [-0.25, -0.2) is 4.68 Å². The van der Waals surface area contributed by atoms with Crippen molar-refractivity contribution in [3.05, 3.63) is 46.2 Å². The number of carbonyl (C=O) groups excluding carboxylic acids is 1. The molecule has 1 aromatic heterocycles. The van der Waals surface area contributed by atoms with Gasteiger partial charge in [-0.15, -0.1) is 0 Å². The van der Waals surface area contributed by atoms with E-state index in [0.717, 1.165) is 50.3 Å². The van der Waals surface area contributed by atoms with E-state index in [9.17, 15) is 4.79 Å². The van der Waals surface area contributed by atoms with Gasteiger partial charge in [0.05, 0.1) is 28.6 Å². The lowest BCUT2D eigenvalue weighted by atomic mass is 10.0. The predicted molar refractivity (Wildman–Crippen MR) is 112 cm³/mol. The van der Waals surface area contributed by atoms with E-state index in [1.807, 2.05) is 33.8 Å². The fourth-order valence-corrected chi connectivity index (χ4v) is 4.22. The Morgan fingerprint density at radius 3 is 2.71 bits per heavy atom. The number of amides is 1. The number of rotatable bonds is 6. The molecule has 0 N–H and O–H groups in total. The first-order valence-corrected chi connectivity index (χ1v) is 10.7. The van der Waals surface area contributed by atoms with Crippen LogP contribution in [0.3, 0.4) is 0 Å². The van der Waals surface area contributed by atoms with Crippen LogP contribution in [-0.4, -0.2) is 44.6 Å². The lowest BCUT2D eigenvalue weighted by Crippen LogP contribution is -2.38. The zero-order valence-electron chi connectivity index (χ0n) is 17.0. The first-order valence-electron chi connectivity index (χ1n) is 10.4. The minimum absolute atomic E-state index is 0.167. The third kappa shape index (κ3) is 3.70. The van der Waals surface area contributed by atoms with Gasteiger partial charge in [0.15, 0.2) is 0 Å². The molecule has 2 aromatic rings. The average molecular weight is 401 g/mol. The van der Waals surface area contributed by atoms with E-state index in [1.54, 1.807) is 0 Å². The van der Waals surface area contributed by atoms with Crippen molar-refractivity contribution in [2.45, 2.75) is 59.2 Å². The van der Waals surface area contributed by atoms with E-state index in [2.05, 4.69) is 25.7 Å². The number of fused-ring (bicyclic) bond motifs is 1. The highest BCUT2D eigenvalue weighted by Gasteiger charge is 2.36. The number of para-hydroxylation sites is 1. The van der Waals surface area contributed by atoms with Gasteiger partial charge in [-0.05, 0) is 45.4 Å². The van der Waals surface area contributed by atoms with Crippen LogP contribution in [0.1, 0.15) is 50.6 Å². The van der Waals surface area contributed by atoms with Crippen molar-refractivity contribution in [3.63, 3.8) is 0 Å². The van der Waals surface area contributed by atoms with Gasteiger partial charge in [-0.2, -0.15) is 5.10 Å². The molecule has 28 heavy (non-hydrogen) atoms. The molecule has 5 nitrogen and oxygen atoms in total. The number of nitrogens with zero attached hydrogens (tertiary/aromatic N) is 4. The highest BCUT2D eigenvalue weighted by molar-refractivity contribution is 6.32. The second-order valence-corrected chi connectivity index (χ2v) is 8.60. The fourth-order valence-electron chi connectivity index (χ4n) is 4.00. The maximum atomic E-state index is 12.8. The molecule has 0 bridgehead atoms. The highest BCUT2D eigenvalue weighted by atomic mass is 35.5. The van der Waals surface area contributed by atoms with Crippen LogP contribution >= 0.6 is 11.6 Å². The Kier molecular flexibility index (Phi) is 5.48. The molecule has 1 amide bonds. The Hall–Kier alpha value is -1.85. The number of carbonyl (C=O) groups is 1. The molecule has 150 valence electrons. The molecule has 4 rings (SSSR count). The summed E-state index contributed by atoms with van der Waals surface area (Å²) in [6, 6.07) is 8.02. The van der Waals surface area contributed by atoms with Crippen LogP contribution in [0.15, 0.2) is 24.3 Å². The van der Waals surface area contributed by atoms with Crippen LogP contribution in [-0.2, 0) is 24.3 Å². The van der Waals surface area contributed by atoms with E-state index in [1.165, 1.54) is 11.3 Å². The maximum Gasteiger partial charge on any atom is 0.226 e. The number of likely N-dealkylation sites (N-methyl/N-ethyl adjacent to an activating group) is 1. The quantitative estimate of drug-likeness (QED) is 0.734. The summed E-state index contributed by atoms with van der Waals surface area (Å²) in [7, 11) is 0. The molecule has 1 aliphatic carbocycles. The van der Waals surface area contributed by atoms with Crippen LogP contribution in [0.2, 0.25) is 5.02 Å². The second kappa shape index (κ2) is 7.88. The van der Waals surface area contributed by atoms with Gasteiger partial charge in [-0.3, -0.25) is 9.69 Å². The fraction of sp³-hybridized carbons (Fsp3) is 0.545. The Balaban J connectivity index is 1.74. The molecule has 2 aliphatic rings. The molecule has 6 heteroatoms. The lowest BCUT2D eigenvalue weighted by Gasteiger charge is -2.29. The molecule has 0 spiro atoms. The summed E-state index contributed by atoms with van der Waals surface area (Å²) in [6.45, 7) is 9.88. The first kappa shape index (κ1) is 19.5. The van der Waals surface area contributed by atoms with Crippen LogP contribution in [0.5, 0.6) is 0 Å². The second-order valence-electron chi connectivity index (χ2n) is 8.19. The molecule has 1 aliphatic heterocycles. The van der Waals surface area contributed by atoms with Crippen molar-refractivity contribution in [3.8, 4) is 5.69 Å². The van der Waals surface area contributed by atoms with Crippen molar-refractivity contribution in [1.29, 1.82) is 0 Å². The lowest BCUT2D eigenvalue weighted by molar-refractivity contribution is -0.135. The zero-order valence-corrected chi connectivity index (χ0v) is 17.7. The van der Waals surface area contributed by atoms with E-state index in [4.69, 9.17) is 16.7 Å². The molecule has 0 atom stereocenters. The van der Waals surface area contributed by atoms with Crippen molar-refractivity contribution in [2.24, 2.45) is 5.92 Å². The number of benzene rings is 1. The molecular weight excluding hydrogens is 372 g/mol. The molecule has 0 radical (unpaired) electrons. The van der Waals surface area contributed by atoms with Crippen LogP contribution < -0.4 is 0 Å². The Morgan fingerprint density at radius 1 is 1.32 bits per heavy atom. The summed E-state index contributed by atoms with van der Waals surface area (Å²) in [4.78, 5) is 17.3. The summed E-state index contributed by atoms with van der Waals surface area (Å²) in [5.74, 6) is 0.496. The van der Waals surface area contributed by atoms with Crippen molar-refractivity contribution in [1.82, 2.24) is 19.6 Å². The molecule has 2 heterocycles. The Labute approximate surface area is 172 Å². The standard InChI is InChI=1S/C22H29ClN4O/c1-4-25-12-11-20-17(13-25)19(14-26(15(2)3)22(28)16-9-10-16)24-27(20)21-8-6-5-7-18(21)23/h5-8,15-16H,4,9-14H2,1-3H3. The van der Waals surface area contributed by atoms with Gasteiger partial charge < -0.3 is 4.90 Å². The SMILES string of the molecule is CCN1CCc2c(c(CN(C(=O)C3CC3)C(C)C)nn2-c2ccccc2Cl)C1. The number of hydrogen-bond donors (Lipinski definition) is 0. The minimum atomic E-state index is 0.167. The van der Waals surface area contributed by atoms with Gasteiger partial charge >= 0.3 is 0 Å². The van der Waals surface area contributed by atoms with E-state index in [-0.39, 0.29) is 17.9 Å². The van der Waals surface area contributed by atoms with Crippen molar-refractivity contribution in [2.75, 3.05) is 13.1 Å². The van der Waals surface area contributed by atoms with Crippen LogP contribution in [0.4, 0.5) is 0 Å². The molecule has 0 saturated heterocycles. The monoisotopic (exact) mass is 400 g/mol. The van der Waals surface area contributed by atoms with E-state index < -0.39 is 0 Å². The average Bonchev–Trinajstić information content (AvgIpc) is 3.48. The first-order chi connectivity index (χ1) is 13.5.